The summed E-state index contributed by atoms with van der Waals surface area (Å²) in [5.74, 6) is 1.83. The average Bonchev–Trinajstić information content (AvgIpc) is 3.57. The van der Waals surface area contributed by atoms with Crippen molar-refractivity contribution in [3.63, 3.8) is 0 Å². The Morgan fingerprint density at radius 3 is 1.83 bits per heavy atom. The number of rotatable bonds is 10. The first-order chi connectivity index (χ1) is 14.8. The van der Waals surface area contributed by atoms with Crippen molar-refractivity contribution < 1.29 is 28.4 Å². The van der Waals surface area contributed by atoms with Crippen LogP contribution in [0.5, 0.6) is 11.5 Å². The molecule has 4 unspecified atom stereocenters. The first-order valence-corrected chi connectivity index (χ1v) is 10.8. The van der Waals surface area contributed by atoms with E-state index in [9.17, 15) is 0 Å². The lowest BCUT2D eigenvalue weighted by Gasteiger charge is -2.28. The van der Waals surface area contributed by atoms with Gasteiger partial charge in [-0.25, -0.2) is 0 Å². The molecule has 0 aromatic heterocycles. The maximum atomic E-state index is 6.04. The minimum absolute atomic E-state index is 0.119. The Balaban J connectivity index is 1.27. The summed E-state index contributed by atoms with van der Waals surface area (Å²) in [6.45, 7) is 3.84. The largest absolute Gasteiger partial charge is 0.491 e. The fourth-order valence-electron chi connectivity index (χ4n) is 3.75. The van der Waals surface area contributed by atoms with Crippen LogP contribution >= 0.6 is 0 Å². The van der Waals surface area contributed by atoms with Gasteiger partial charge in [0.15, 0.2) is 0 Å². The Morgan fingerprint density at radius 1 is 0.733 bits per heavy atom. The van der Waals surface area contributed by atoms with Crippen LogP contribution in [0.25, 0.3) is 11.1 Å². The molecule has 6 nitrogen and oxygen atoms in total. The monoisotopic (exact) mass is 410 g/mol. The fourth-order valence-corrected chi connectivity index (χ4v) is 3.75. The summed E-state index contributed by atoms with van der Waals surface area (Å²) in [5.41, 5.74) is 4.70. The van der Waals surface area contributed by atoms with Crippen LogP contribution in [-0.2, 0) is 31.8 Å². The van der Waals surface area contributed by atoms with E-state index in [-0.39, 0.29) is 12.4 Å². The first kappa shape index (κ1) is 18.6. The smallest absolute Gasteiger partial charge is 0.202 e. The molecule has 2 aromatic rings. The molecule has 0 aliphatic carbocycles. The maximum Gasteiger partial charge on any atom is 0.202 e. The van der Waals surface area contributed by atoms with Gasteiger partial charge < -0.3 is 28.4 Å². The summed E-state index contributed by atoms with van der Waals surface area (Å²) >= 11 is 0. The van der Waals surface area contributed by atoms with Crippen LogP contribution in [0.15, 0.2) is 36.4 Å². The van der Waals surface area contributed by atoms with Crippen molar-refractivity contribution in [2.24, 2.45) is 0 Å². The van der Waals surface area contributed by atoms with Crippen LogP contribution in [0.3, 0.4) is 0 Å². The molecule has 158 valence electrons. The van der Waals surface area contributed by atoms with Crippen molar-refractivity contribution in [1.82, 2.24) is 0 Å². The van der Waals surface area contributed by atoms with Crippen molar-refractivity contribution in [2.45, 2.75) is 43.9 Å². The van der Waals surface area contributed by atoms with Crippen LogP contribution in [0.1, 0.15) is 17.5 Å². The molecule has 0 saturated carbocycles. The highest BCUT2D eigenvalue weighted by atomic mass is 16.7. The molecule has 2 aromatic carbocycles. The second-order valence-electron chi connectivity index (χ2n) is 8.44. The van der Waals surface area contributed by atoms with E-state index in [1.807, 2.05) is 0 Å². The van der Waals surface area contributed by atoms with Gasteiger partial charge in [-0.1, -0.05) is 12.1 Å². The molecule has 4 heterocycles. The third kappa shape index (κ3) is 4.47. The Labute approximate surface area is 176 Å². The highest BCUT2D eigenvalue weighted by Gasteiger charge is 2.28. The Bertz CT molecular complexity index is 912. The van der Waals surface area contributed by atoms with E-state index in [4.69, 9.17) is 28.4 Å². The van der Waals surface area contributed by atoms with Crippen LogP contribution in [0.2, 0.25) is 0 Å². The SMILES string of the molecule is c1cc(OCC2CO2)c(CC2CO2)cc1-c1ccc(OC2CCO2)c(CC2CO2)c1. The predicted octanol–water partition coefficient (Wildman–Crippen LogP) is 3.14. The number of ether oxygens (including phenoxy) is 6. The van der Waals surface area contributed by atoms with Gasteiger partial charge in [-0.2, -0.15) is 0 Å². The number of benzene rings is 2. The quantitative estimate of drug-likeness (QED) is 0.561. The average molecular weight is 410 g/mol. The molecular formula is C24H26O6. The molecule has 4 saturated heterocycles. The molecule has 0 bridgehead atoms. The van der Waals surface area contributed by atoms with Gasteiger partial charge in [-0.3, -0.25) is 0 Å². The van der Waals surface area contributed by atoms with Crippen LogP contribution in [0, 0.1) is 0 Å². The molecule has 0 amide bonds. The van der Waals surface area contributed by atoms with Crippen molar-refractivity contribution >= 4 is 0 Å². The molecule has 0 N–H and O–H groups in total. The van der Waals surface area contributed by atoms with Crippen LogP contribution in [0.4, 0.5) is 0 Å². The molecule has 4 atom stereocenters. The van der Waals surface area contributed by atoms with Crippen molar-refractivity contribution in [3.05, 3.63) is 47.5 Å². The number of hydrogen-bond acceptors (Lipinski definition) is 6. The zero-order valence-corrected chi connectivity index (χ0v) is 16.9. The van der Waals surface area contributed by atoms with Crippen molar-refractivity contribution in [3.8, 4) is 22.6 Å². The van der Waals surface area contributed by atoms with E-state index < -0.39 is 0 Å². The van der Waals surface area contributed by atoms with Gasteiger partial charge in [-0.15, -0.1) is 0 Å². The zero-order valence-electron chi connectivity index (χ0n) is 16.9. The lowest BCUT2D eigenvalue weighted by molar-refractivity contribution is -0.165. The highest BCUT2D eigenvalue weighted by molar-refractivity contribution is 5.68. The van der Waals surface area contributed by atoms with E-state index >= 15 is 0 Å². The fraction of sp³-hybridized carbons (Fsp3) is 0.500. The summed E-state index contributed by atoms with van der Waals surface area (Å²) in [7, 11) is 0. The van der Waals surface area contributed by atoms with Gasteiger partial charge in [0.1, 0.15) is 24.2 Å². The molecule has 4 aliphatic heterocycles. The van der Waals surface area contributed by atoms with Gasteiger partial charge >= 0.3 is 0 Å². The lowest BCUT2D eigenvalue weighted by atomic mass is 9.97. The van der Waals surface area contributed by atoms with E-state index in [2.05, 4.69) is 36.4 Å². The third-order valence-corrected chi connectivity index (χ3v) is 5.90. The molecule has 4 fully saturated rings. The summed E-state index contributed by atoms with van der Waals surface area (Å²) < 4.78 is 33.7. The first-order valence-electron chi connectivity index (χ1n) is 10.8. The van der Waals surface area contributed by atoms with Gasteiger partial charge in [0.25, 0.3) is 0 Å². The minimum Gasteiger partial charge on any atom is -0.491 e. The normalized spacial score (nSPS) is 28.5. The Morgan fingerprint density at radius 2 is 1.30 bits per heavy atom. The molecule has 6 heteroatoms. The second-order valence-corrected chi connectivity index (χ2v) is 8.44. The van der Waals surface area contributed by atoms with E-state index in [0.717, 1.165) is 57.2 Å². The van der Waals surface area contributed by atoms with Crippen LogP contribution in [-0.4, -0.2) is 57.6 Å². The summed E-state index contributed by atoms with van der Waals surface area (Å²) in [6.07, 6.45) is 3.41. The molecule has 30 heavy (non-hydrogen) atoms. The van der Waals surface area contributed by atoms with Gasteiger partial charge in [0.05, 0.1) is 38.6 Å². The lowest BCUT2D eigenvalue weighted by Crippen LogP contribution is -2.32. The van der Waals surface area contributed by atoms with Crippen molar-refractivity contribution in [1.29, 1.82) is 0 Å². The molecule has 4 aliphatic rings. The Hall–Kier alpha value is -2.12. The standard InChI is InChI=1S/C24H26O6/c1-3-22(29-14-21-13-28-21)17(9-19-11-26-19)7-15(1)16-2-4-23(30-24-5-6-25-24)18(8-16)10-20-12-27-20/h1-4,7-8,19-21,24H,5-6,9-14H2. The number of hydrogen-bond donors (Lipinski definition) is 0. The number of epoxide rings is 3. The molecule has 0 spiro atoms. The Kier molecular flexibility index (Phi) is 4.88. The summed E-state index contributed by atoms with van der Waals surface area (Å²) in [4.78, 5) is 0. The van der Waals surface area contributed by atoms with E-state index in [1.54, 1.807) is 0 Å². The van der Waals surface area contributed by atoms with E-state index in [1.165, 1.54) is 22.3 Å². The summed E-state index contributed by atoms with van der Waals surface area (Å²) in [6, 6.07) is 12.8. The molecule has 6 rings (SSSR count). The van der Waals surface area contributed by atoms with E-state index in [0.29, 0.717) is 18.8 Å². The maximum absolute atomic E-state index is 6.04. The highest BCUT2D eigenvalue weighted by Crippen LogP contribution is 2.35. The second kappa shape index (κ2) is 7.85. The zero-order chi connectivity index (χ0) is 19.9. The van der Waals surface area contributed by atoms with Crippen molar-refractivity contribution in [2.75, 3.05) is 33.0 Å². The topological polar surface area (TPSA) is 65.3 Å². The third-order valence-electron chi connectivity index (χ3n) is 5.90. The van der Waals surface area contributed by atoms with Gasteiger partial charge in [-0.05, 0) is 46.5 Å². The van der Waals surface area contributed by atoms with Gasteiger partial charge in [0.2, 0.25) is 6.29 Å². The summed E-state index contributed by atoms with van der Waals surface area (Å²) in [5, 5.41) is 0. The van der Waals surface area contributed by atoms with Crippen LogP contribution < -0.4 is 9.47 Å². The molecular weight excluding hydrogens is 384 g/mol. The minimum atomic E-state index is -0.119. The van der Waals surface area contributed by atoms with Gasteiger partial charge in [0, 0.05) is 19.3 Å². The molecule has 0 radical (unpaired) electrons. The predicted molar refractivity (Wildman–Crippen MR) is 109 cm³/mol.